The number of rotatable bonds is 3. The molecule has 0 bridgehead atoms. The van der Waals surface area contributed by atoms with Gasteiger partial charge in [0.25, 0.3) is 0 Å². The highest BCUT2D eigenvalue weighted by Gasteiger charge is 2.42. The lowest BCUT2D eigenvalue weighted by atomic mass is 9.88. The van der Waals surface area contributed by atoms with Gasteiger partial charge in [0.05, 0.1) is 5.37 Å². The number of hydrogen-bond acceptors (Lipinski definition) is 3. The first-order valence-corrected chi connectivity index (χ1v) is 7.86. The number of carbonyl (C=O) groups excluding carboxylic acids is 1. The third kappa shape index (κ3) is 2.66. The van der Waals surface area contributed by atoms with E-state index >= 15 is 0 Å². The molecular weight excluding hydrogens is 250 g/mol. The van der Waals surface area contributed by atoms with Gasteiger partial charge in [-0.1, -0.05) is 26.2 Å². The lowest BCUT2D eigenvalue weighted by Crippen LogP contribution is -2.48. The number of carboxylic acids is 1. The molecule has 2 aliphatic rings. The largest absolute Gasteiger partial charge is 0.480 e. The quantitative estimate of drug-likeness (QED) is 0.856. The Morgan fingerprint density at radius 1 is 1.28 bits per heavy atom. The molecule has 2 atom stereocenters. The normalized spacial score (nSPS) is 29.5. The highest BCUT2D eigenvalue weighted by molar-refractivity contribution is 8.00. The maximum Gasteiger partial charge on any atom is 0.327 e. The molecule has 0 radical (unpaired) electrons. The van der Waals surface area contributed by atoms with E-state index in [0.717, 1.165) is 32.1 Å². The van der Waals surface area contributed by atoms with Crippen LogP contribution in [0.4, 0.5) is 0 Å². The van der Waals surface area contributed by atoms with Crippen LogP contribution in [0.5, 0.6) is 0 Å². The van der Waals surface area contributed by atoms with E-state index in [1.165, 1.54) is 6.42 Å². The smallest absolute Gasteiger partial charge is 0.327 e. The van der Waals surface area contributed by atoms with E-state index in [1.807, 2.05) is 6.92 Å². The Morgan fingerprint density at radius 2 is 1.94 bits per heavy atom. The maximum absolute atomic E-state index is 12.5. The average Bonchev–Trinajstić information content (AvgIpc) is 2.82. The molecule has 0 aromatic heterocycles. The summed E-state index contributed by atoms with van der Waals surface area (Å²) in [6.45, 7) is 2.02. The lowest BCUT2D eigenvalue weighted by Gasteiger charge is -2.32. The number of carboxylic acid groups (broad SMARTS) is 1. The molecule has 1 amide bonds. The summed E-state index contributed by atoms with van der Waals surface area (Å²) >= 11 is 1.60. The van der Waals surface area contributed by atoms with Gasteiger partial charge in [-0.25, -0.2) is 4.79 Å². The molecule has 2 fully saturated rings. The molecule has 0 aromatic rings. The number of aliphatic carboxylic acids is 1. The van der Waals surface area contributed by atoms with Gasteiger partial charge in [0, 0.05) is 11.7 Å². The summed E-state index contributed by atoms with van der Waals surface area (Å²) in [6.07, 6.45) is 6.11. The van der Waals surface area contributed by atoms with Crippen molar-refractivity contribution in [2.24, 2.45) is 5.92 Å². The summed E-state index contributed by atoms with van der Waals surface area (Å²) < 4.78 is 0. The Labute approximate surface area is 112 Å². The molecule has 18 heavy (non-hydrogen) atoms. The summed E-state index contributed by atoms with van der Waals surface area (Å²) in [5.74, 6) is -0.179. The van der Waals surface area contributed by atoms with Crippen molar-refractivity contribution < 1.29 is 14.7 Å². The molecule has 0 aromatic carbocycles. The van der Waals surface area contributed by atoms with Crippen LogP contribution in [0.3, 0.4) is 0 Å². The minimum atomic E-state index is -0.859. The highest BCUT2D eigenvalue weighted by Crippen LogP contribution is 2.35. The Hall–Kier alpha value is -0.710. The number of thioether (sulfide) groups is 1. The standard InChI is InChI=1S/C13H21NO3S/c1-2-11-14(10(8-18-11)13(16)17)12(15)9-6-4-3-5-7-9/h9-11H,2-8H2,1H3,(H,16,17). The number of amides is 1. The zero-order chi connectivity index (χ0) is 13.1. The van der Waals surface area contributed by atoms with Gasteiger partial charge in [0.1, 0.15) is 6.04 Å². The summed E-state index contributed by atoms with van der Waals surface area (Å²) in [4.78, 5) is 25.4. The van der Waals surface area contributed by atoms with Crippen molar-refractivity contribution in [3.8, 4) is 0 Å². The Kier molecular flexibility index (Phi) is 4.54. The van der Waals surface area contributed by atoms with Gasteiger partial charge in [-0.05, 0) is 19.3 Å². The van der Waals surface area contributed by atoms with E-state index in [4.69, 9.17) is 0 Å². The molecule has 1 heterocycles. The third-order valence-electron chi connectivity index (χ3n) is 3.94. The van der Waals surface area contributed by atoms with Crippen molar-refractivity contribution in [2.75, 3.05) is 5.75 Å². The van der Waals surface area contributed by atoms with E-state index in [0.29, 0.717) is 5.75 Å². The fraction of sp³-hybridized carbons (Fsp3) is 0.846. The predicted molar refractivity (Wildman–Crippen MR) is 71.4 cm³/mol. The molecule has 2 unspecified atom stereocenters. The van der Waals surface area contributed by atoms with Crippen LogP contribution < -0.4 is 0 Å². The Morgan fingerprint density at radius 3 is 2.50 bits per heavy atom. The van der Waals surface area contributed by atoms with Crippen molar-refractivity contribution in [1.82, 2.24) is 4.90 Å². The zero-order valence-corrected chi connectivity index (χ0v) is 11.6. The van der Waals surface area contributed by atoms with Crippen LogP contribution in [0.15, 0.2) is 0 Å². The molecule has 1 aliphatic carbocycles. The lowest BCUT2D eigenvalue weighted by molar-refractivity contribution is -0.151. The summed E-state index contributed by atoms with van der Waals surface area (Å²) in [5, 5.41) is 9.29. The van der Waals surface area contributed by atoms with Crippen molar-refractivity contribution in [3.05, 3.63) is 0 Å². The molecular formula is C13H21NO3S. The van der Waals surface area contributed by atoms with E-state index in [2.05, 4.69) is 0 Å². The second-order valence-corrected chi connectivity index (χ2v) is 6.34. The predicted octanol–water partition coefficient (Wildman–Crippen LogP) is 2.33. The molecule has 4 nitrogen and oxygen atoms in total. The number of nitrogens with zero attached hydrogens (tertiary/aromatic N) is 1. The SMILES string of the molecule is CCC1SCC(C(=O)O)N1C(=O)C1CCCCC1. The van der Waals surface area contributed by atoms with Gasteiger partial charge in [0.15, 0.2) is 0 Å². The van der Waals surface area contributed by atoms with Crippen LogP contribution >= 0.6 is 11.8 Å². The van der Waals surface area contributed by atoms with Crippen molar-refractivity contribution >= 4 is 23.6 Å². The van der Waals surface area contributed by atoms with Crippen molar-refractivity contribution in [3.63, 3.8) is 0 Å². The Bertz CT molecular complexity index is 328. The highest BCUT2D eigenvalue weighted by atomic mass is 32.2. The average molecular weight is 271 g/mol. The van der Waals surface area contributed by atoms with E-state index in [1.54, 1.807) is 16.7 Å². The van der Waals surface area contributed by atoms with Gasteiger partial charge in [-0.3, -0.25) is 4.79 Å². The first kappa shape index (κ1) is 13.7. The molecule has 1 saturated carbocycles. The van der Waals surface area contributed by atoms with E-state index in [9.17, 15) is 14.7 Å². The molecule has 5 heteroatoms. The second kappa shape index (κ2) is 5.95. The minimum Gasteiger partial charge on any atom is -0.480 e. The fourth-order valence-corrected chi connectivity index (χ4v) is 4.28. The monoisotopic (exact) mass is 271 g/mol. The Balaban J connectivity index is 2.10. The summed E-state index contributed by atoms with van der Waals surface area (Å²) in [5.41, 5.74) is 0. The van der Waals surface area contributed by atoms with Gasteiger partial charge in [-0.2, -0.15) is 0 Å². The van der Waals surface area contributed by atoms with Crippen LogP contribution in [0, 0.1) is 5.92 Å². The van der Waals surface area contributed by atoms with Gasteiger partial charge < -0.3 is 10.0 Å². The third-order valence-corrected chi connectivity index (χ3v) is 5.39. The molecule has 102 valence electrons. The zero-order valence-electron chi connectivity index (χ0n) is 10.8. The maximum atomic E-state index is 12.5. The molecule has 1 saturated heterocycles. The van der Waals surface area contributed by atoms with Crippen molar-refractivity contribution in [1.29, 1.82) is 0 Å². The van der Waals surface area contributed by atoms with Crippen molar-refractivity contribution in [2.45, 2.75) is 56.9 Å². The number of hydrogen-bond donors (Lipinski definition) is 1. The minimum absolute atomic E-state index is 0.0560. The van der Waals surface area contributed by atoms with E-state index in [-0.39, 0.29) is 17.2 Å². The number of carbonyl (C=O) groups is 2. The van der Waals surface area contributed by atoms with Gasteiger partial charge in [-0.15, -0.1) is 11.8 Å². The second-order valence-electron chi connectivity index (χ2n) is 5.13. The first-order chi connectivity index (χ1) is 8.65. The van der Waals surface area contributed by atoms with E-state index < -0.39 is 12.0 Å². The summed E-state index contributed by atoms with van der Waals surface area (Å²) in [6, 6.07) is -0.616. The van der Waals surface area contributed by atoms with Gasteiger partial charge >= 0.3 is 5.97 Å². The van der Waals surface area contributed by atoms with Crippen LogP contribution in [-0.4, -0.2) is 39.1 Å². The molecule has 1 aliphatic heterocycles. The van der Waals surface area contributed by atoms with Crippen LogP contribution in [0.25, 0.3) is 0 Å². The van der Waals surface area contributed by atoms with Crippen LogP contribution in [0.2, 0.25) is 0 Å². The van der Waals surface area contributed by atoms with Gasteiger partial charge in [0.2, 0.25) is 5.91 Å². The fourth-order valence-electron chi connectivity index (χ4n) is 2.92. The molecule has 2 rings (SSSR count). The summed E-state index contributed by atoms with van der Waals surface area (Å²) in [7, 11) is 0. The topological polar surface area (TPSA) is 57.6 Å². The molecule has 1 N–H and O–H groups in total. The van der Waals surface area contributed by atoms with Crippen LogP contribution in [0.1, 0.15) is 45.4 Å². The van der Waals surface area contributed by atoms with Crippen LogP contribution in [-0.2, 0) is 9.59 Å². The first-order valence-electron chi connectivity index (χ1n) is 6.81. The molecule has 0 spiro atoms.